The Morgan fingerprint density at radius 3 is 2.53 bits per heavy atom. The molecule has 7 heteroatoms. The van der Waals surface area contributed by atoms with Crippen LogP contribution in [0.4, 0.5) is 13.2 Å². The van der Waals surface area contributed by atoms with Crippen LogP contribution in [0, 0.1) is 5.92 Å². The highest BCUT2D eigenvalue weighted by Gasteiger charge is 2.34. The van der Waals surface area contributed by atoms with Crippen LogP contribution in [0.2, 0.25) is 0 Å². The van der Waals surface area contributed by atoms with E-state index in [2.05, 4.69) is 0 Å². The molecule has 0 aromatic heterocycles. The molecule has 1 rings (SSSR count). The molecule has 0 aliphatic carbocycles. The average molecular weight is 253 g/mol. The molecule has 1 saturated heterocycles. The number of rotatable bonds is 3. The third-order valence-corrected chi connectivity index (χ3v) is 3.09. The fourth-order valence-electron chi connectivity index (χ4n) is 1.85. The van der Waals surface area contributed by atoms with E-state index in [-0.39, 0.29) is 12.0 Å². The SMILES string of the molecule is CC1CN(C(C)C(=O)NCC(F)(F)F)CC1N. The summed E-state index contributed by atoms with van der Waals surface area (Å²) in [6.07, 6.45) is -4.37. The molecule has 1 aliphatic heterocycles. The van der Waals surface area contributed by atoms with Crippen molar-refractivity contribution in [1.82, 2.24) is 10.2 Å². The zero-order chi connectivity index (χ0) is 13.2. The molecule has 3 unspecified atom stereocenters. The first-order valence-electron chi connectivity index (χ1n) is 5.55. The first kappa shape index (κ1) is 14.2. The molecule has 0 saturated carbocycles. The Morgan fingerprint density at radius 2 is 2.12 bits per heavy atom. The number of nitrogens with one attached hydrogen (secondary N) is 1. The number of amides is 1. The van der Waals surface area contributed by atoms with E-state index in [1.807, 2.05) is 12.2 Å². The van der Waals surface area contributed by atoms with E-state index in [0.29, 0.717) is 13.1 Å². The quantitative estimate of drug-likeness (QED) is 0.762. The second kappa shape index (κ2) is 5.22. The Morgan fingerprint density at radius 1 is 1.53 bits per heavy atom. The molecule has 1 amide bonds. The van der Waals surface area contributed by atoms with Gasteiger partial charge in [-0.3, -0.25) is 9.69 Å². The maximum Gasteiger partial charge on any atom is 0.405 e. The lowest BCUT2D eigenvalue weighted by Crippen LogP contribution is -2.47. The van der Waals surface area contributed by atoms with E-state index in [4.69, 9.17) is 5.73 Å². The van der Waals surface area contributed by atoms with Gasteiger partial charge in [-0.1, -0.05) is 6.92 Å². The van der Waals surface area contributed by atoms with Crippen molar-refractivity contribution in [2.24, 2.45) is 11.7 Å². The second-order valence-corrected chi connectivity index (χ2v) is 4.60. The van der Waals surface area contributed by atoms with E-state index in [0.717, 1.165) is 0 Å². The highest BCUT2D eigenvalue weighted by Crippen LogP contribution is 2.17. The van der Waals surface area contributed by atoms with Crippen molar-refractivity contribution in [3.05, 3.63) is 0 Å². The summed E-state index contributed by atoms with van der Waals surface area (Å²) >= 11 is 0. The van der Waals surface area contributed by atoms with Crippen LogP contribution in [0.25, 0.3) is 0 Å². The number of hydrogen-bond acceptors (Lipinski definition) is 3. The van der Waals surface area contributed by atoms with Gasteiger partial charge in [0.1, 0.15) is 6.54 Å². The van der Waals surface area contributed by atoms with Crippen molar-refractivity contribution in [2.75, 3.05) is 19.6 Å². The van der Waals surface area contributed by atoms with Crippen LogP contribution >= 0.6 is 0 Å². The lowest BCUT2D eigenvalue weighted by Gasteiger charge is -2.23. The molecular weight excluding hydrogens is 235 g/mol. The smallest absolute Gasteiger partial charge is 0.346 e. The van der Waals surface area contributed by atoms with Gasteiger partial charge in [-0.25, -0.2) is 0 Å². The van der Waals surface area contributed by atoms with Crippen LogP contribution in [-0.2, 0) is 4.79 Å². The Hall–Kier alpha value is -0.820. The van der Waals surface area contributed by atoms with Crippen molar-refractivity contribution >= 4 is 5.91 Å². The molecule has 1 heterocycles. The molecule has 0 aromatic carbocycles. The largest absolute Gasteiger partial charge is 0.405 e. The van der Waals surface area contributed by atoms with Gasteiger partial charge in [0.25, 0.3) is 0 Å². The molecule has 1 aliphatic rings. The van der Waals surface area contributed by atoms with Crippen LogP contribution < -0.4 is 11.1 Å². The standard InChI is InChI=1S/C10H18F3N3O/c1-6-3-16(4-8(6)14)7(2)9(17)15-5-10(11,12)13/h6-8H,3-5,14H2,1-2H3,(H,15,17). The summed E-state index contributed by atoms with van der Waals surface area (Å²) in [5.41, 5.74) is 5.80. The minimum absolute atomic E-state index is 0.0205. The lowest BCUT2D eigenvalue weighted by molar-refractivity contribution is -0.141. The number of alkyl halides is 3. The number of nitrogens with zero attached hydrogens (tertiary/aromatic N) is 1. The summed E-state index contributed by atoms with van der Waals surface area (Å²) in [5.74, 6) is -0.350. The van der Waals surface area contributed by atoms with Crippen molar-refractivity contribution < 1.29 is 18.0 Å². The van der Waals surface area contributed by atoms with Crippen LogP contribution in [0.3, 0.4) is 0 Å². The monoisotopic (exact) mass is 253 g/mol. The molecule has 3 N–H and O–H groups in total. The van der Waals surface area contributed by atoms with Crippen molar-refractivity contribution in [1.29, 1.82) is 0 Å². The zero-order valence-corrected chi connectivity index (χ0v) is 9.92. The fourth-order valence-corrected chi connectivity index (χ4v) is 1.85. The molecule has 0 bridgehead atoms. The number of carbonyl (C=O) groups is 1. The second-order valence-electron chi connectivity index (χ2n) is 4.60. The molecule has 1 fully saturated rings. The highest BCUT2D eigenvalue weighted by atomic mass is 19.4. The number of hydrogen-bond donors (Lipinski definition) is 2. The molecule has 0 aromatic rings. The zero-order valence-electron chi connectivity index (χ0n) is 9.92. The molecular formula is C10H18F3N3O. The number of carbonyl (C=O) groups excluding carboxylic acids is 1. The Labute approximate surface area is 98.3 Å². The van der Waals surface area contributed by atoms with Crippen LogP contribution in [0.1, 0.15) is 13.8 Å². The van der Waals surface area contributed by atoms with E-state index in [1.165, 1.54) is 0 Å². The fraction of sp³-hybridized carbons (Fsp3) is 0.900. The summed E-state index contributed by atoms with van der Waals surface area (Å²) in [5, 5.41) is 1.88. The normalized spacial score (nSPS) is 28.1. The van der Waals surface area contributed by atoms with E-state index >= 15 is 0 Å². The predicted octanol–water partition coefficient (Wildman–Crippen LogP) is 0.332. The Bertz CT molecular complexity index is 272. The first-order valence-corrected chi connectivity index (χ1v) is 5.55. The van der Waals surface area contributed by atoms with Gasteiger partial charge >= 0.3 is 6.18 Å². The molecule has 17 heavy (non-hydrogen) atoms. The highest BCUT2D eigenvalue weighted by molar-refractivity contribution is 5.81. The summed E-state index contributed by atoms with van der Waals surface area (Å²) in [6, 6.07) is -0.596. The van der Waals surface area contributed by atoms with Gasteiger partial charge in [0.05, 0.1) is 6.04 Å². The van der Waals surface area contributed by atoms with Gasteiger partial charge in [-0.15, -0.1) is 0 Å². The predicted molar refractivity (Wildman–Crippen MR) is 57.2 cm³/mol. The summed E-state index contributed by atoms with van der Waals surface area (Å²) in [7, 11) is 0. The molecule has 0 radical (unpaired) electrons. The summed E-state index contributed by atoms with van der Waals surface area (Å²) in [4.78, 5) is 13.3. The number of nitrogens with two attached hydrogens (primary N) is 1. The van der Waals surface area contributed by atoms with Crippen LogP contribution in [0.15, 0.2) is 0 Å². The molecule has 3 atom stereocenters. The van der Waals surface area contributed by atoms with Gasteiger partial charge in [0.15, 0.2) is 0 Å². The average Bonchev–Trinajstić information content (AvgIpc) is 2.53. The van der Waals surface area contributed by atoms with Gasteiger partial charge < -0.3 is 11.1 Å². The minimum atomic E-state index is -4.37. The molecule has 0 spiro atoms. The third kappa shape index (κ3) is 4.16. The third-order valence-electron chi connectivity index (χ3n) is 3.09. The maximum atomic E-state index is 11.9. The van der Waals surface area contributed by atoms with Gasteiger partial charge in [0.2, 0.25) is 5.91 Å². The van der Waals surface area contributed by atoms with Crippen LogP contribution in [0.5, 0.6) is 0 Å². The van der Waals surface area contributed by atoms with Gasteiger partial charge in [-0.05, 0) is 12.8 Å². The van der Waals surface area contributed by atoms with Gasteiger partial charge in [0, 0.05) is 19.1 Å². The Kier molecular flexibility index (Phi) is 4.37. The molecule has 100 valence electrons. The van der Waals surface area contributed by atoms with Gasteiger partial charge in [-0.2, -0.15) is 13.2 Å². The van der Waals surface area contributed by atoms with Crippen molar-refractivity contribution in [3.63, 3.8) is 0 Å². The first-order chi connectivity index (χ1) is 7.70. The molecule has 4 nitrogen and oxygen atoms in total. The van der Waals surface area contributed by atoms with Crippen LogP contribution in [-0.4, -0.2) is 48.7 Å². The van der Waals surface area contributed by atoms with E-state index in [1.54, 1.807) is 11.8 Å². The van der Waals surface area contributed by atoms with Crippen molar-refractivity contribution in [3.8, 4) is 0 Å². The lowest BCUT2D eigenvalue weighted by atomic mass is 10.1. The van der Waals surface area contributed by atoms with E-state index in [9.17, 15) is 18.0 Å². The van der Waals surface area contributed by atoms with E-state index < -0.39 is 24.7 Å². The maximum absolute atomic E-state index is 11.9. The van der Waals surface area contributed by atoms with Crippen molar-refractivity contribution in [2.45, 2.75) is 32.1 Å². The topological polar surface area (TPSA) is 58.4 Å². The Balaban J connectivity index is 2.42. The number of halogens is 3. The summed E-state index contributed by atoms with van der Waals surface area (Å²) in [6.45, 7) is 3.45. The minimum Gasteiger partial charge on any atom is -0.346 e. The summed E-state index contributed by atoms with van der Waals surface area (Å²) < 4.78 is 35.8. The number of likely N-dealkylation sites (tertiary alicyclic amines) is 1.